The predicted octanol–water partition coefficient (Wildman–Crippen LogP) is 6.65. The third kappa shape index (κ3) is 6.48. The zero-order valence-electron chi connectivity index (χ0n) is 17.5. The van der Waals surface area contributed by atoms with Gasteiger partial charge in [-0.1, -0.05) is 47.0 Å². The van der Waals surface area contributed by atoms with E-state index in [0.29, 0.717) is 22.3 Å². The van der Waals surface area contributed by atoms with E-state index < -0.39 is 6.03 Å². The lowest BCUT2D eigenvalue weighted by atomic mass is 10.1. The van der Waals surface area contributed by atoms with Gasteiger partial charge in [0.25, 0.3) is 0 Å². The molecule has 0 aliphatic rings. The molecular formula is C24H23Cl2N3O2. The fourth-order valence-corrected chi connectivity index (χ4v) is 3.50. The van der Waals surface area contributed by atoms with Gasteiger partial charge in [-0.05, 0) is 73.9 Å². The highest BCUT2D eigenvalue weighted by Gasteiger charge is 2.08. The summed E-state index contributed by atoms with van der Waals surface area (Å²) in [5.41, 5.74) is 7.91. The molecule has 5 nitrogen and oxygen atoms in total. The van der Waals surface area contributed by atoms with E-state index in [1.54, 1.807) is 18.3 Å². The molecule has 2 N–H and O–H groups in total. The molecule has 0 unspecified atom stereocenters. The number of urea groups is 1. The number of benzene rings is 3. The number of nitrogens with zero attached hydrogens (tertiary/aromatic N) is 1. The summed E-state index contributed by atoms with van der Waals surface area (Å²) < 4.78 is 6.00. The topological polar surface area (TPSA) is 62.7 Å². The monoisotopic (exact) mass is 455 g/mol. The first-order valence-corrected chi connectivity index (χ1v) is 10.4. The van der Waals surface area contributed by atoms with E-state index >= 15 is 0 Å². The van der Waals surface area contributed by atoms with Gasteiger partial charge < -0.3 is 10.1 Å². The lowest BCUT2D eigenvalue weighted by Crippen LogP contribution is -2.24. The molecule has 3 aromatic rings. The SMILES string of the molecule is Cc1ccc(NC(=O)N/N=C\c2cc(C)c(OCc3ccc(Cl)cc3Cl)c(C)c2)cc1. The van der Waals surface area contributed by atoms with E-state index in [-0.39, 0.29) is 0 Å². The Kier molecular flexibility index (Phi) is 7.55. The lowest BCUT2D eigenvalue weighted by Gasteiger charge is -2.14. The van der Waals surface area contributed by atoms with Crippen LogP contribution < -0.4 is 15.5 Å². The number of ether oxygens (including phenoxy) is 1. The van der Waals surface area contributed by atoms with E-state index in [0.717, 1.165) is 33.6 Å². The largest absolute Gasteiger partial charge is 0.488 e. The average molecular weight is 456 g/mol. The molecule has 160 valence electrons. The van der Waals surface area contributed by atoms with Crippen molar-refractivity contribution in [3.05, 3.63) is 92.5 Å². The summed E-state index contributed by atoms with van der Waals surface area (Å²) >= 11 is 12.2. The second-order valence-corrected chi connectivity index (χ2v) is 8.04. The van der Waals surface area contributed by atoms with Crippen LogP contribution in [0.15, 0.2) is 59.7 Å². The summed E-state index contributed by atoms with van der Waals surface area (Å²) in [5, 5.41) is 7.91. The van der Waals surface area contributed by atoms with Gasteiger partial charge in [0.1, 0.15) is 12.4 Å². The molecule has 7 heteroatoms. The van der Waals surface area contributed by atoms with Gasteiger partial charge >= 0.3 is 6.03 Å². The zero-order chi connectivity index (χ0) is 22.4. The summed E-state index contributed by atoms with van der Waals surface area (Å²) in [6.45, 7) is 6.24. The number of aryl methyl sites for hydroxylation is 3. The number of hydrazone groups is 1. The molecule has 0 aliphatic heterocycles. The van der Waals surface area contributed by atoms with E-state index in [1.165, 1.54) is 0 Å². The first-order chi connectivity index (χ1) is 14.8. The van der Waals surface area contributed by atoms with Gasteiger partial charge in [0.05, 0.1) is 6.21 Å². The third-order valence-electron chi connectivity index (χ3n) is 4.56. The summed E-state index contributed by atoms with van der Waals surface area (Å²) in [6.07, 6.45) is 1.59. The highest BCUT2D eigenvalue weighted by molar-refractivity contribution is 6.35. The number of amides is 2. The number of hydrogen-bond acceptors (Lipinski definition) is 3. The fourth-order valence-electron chi connectivity index (χ4n) is 3.04. The van der Waals surface area contributed by atoms with Crippen molar-refractivity contribution in [1.29, 1.82) is 0 Å². The second kappa shape index (κ2) is 10.3. The highest BCUT2D eigenvalue weighted by Crippen LogP contribution is 2.27. The standard InChI is InChI=1S/C24H23Cl2N3O2/c1-15-4-8-21(9-5-15)28-24(30)29-27-13-18-10-16(2)23(17(3)11-18)31-14-19-6-7-20(25)12-22(19)26/h4-13H,14H2,1-3H3,(H2,28,29,30)/b27-13-. The number of carbonyl (C=O) groups excluding carboxylic acids is 1. The van der Waals surface area contributed by atoms with E-state index in [9.17, 15) is 4.79 Å². The molecule has 0 spiro atoms. The molecule has 31 heavy (non-hydrogen) atoms. The molecule has 0 radical (unpaired) electrons. The highest BCUT2D eigenvalue weighted by atomic mass is 35.5. The summed E-state index contributed by atoms with van der Waals surface area (Å²) in [6, 6.07) is 16.3. The minimum atomic E-state index is -0.409. The Bertz CT molecular complexity index is 1090. The van der Waals surface area contributed by atoms with Crippen molar-refractivity contribution in [2.24, 2.45) is 5.10 Å². The molecule has 0 bridgehead atoms. The van der Waals surface area contributed by atoms with Crippen LogP contribution in [0.5, 0.6) is 5.75 Å². The minimum Gasteiger partial charge on any atom is -0.488 e. The maximum atomic E-state index is 12.0. The van der Waals surface area contributed by atoms with Gasteiger partial charge in [0, 0.05) is 21.3 Å². The van der Waals surface area contributed by atoms with Crippen molar-refractivity contribution < 1.29 is 9.53 Å². The van der Waals surface area contributed by atoms with Crippen LogP contribution in [-0.4, -0.2) is 12.2 Å². The van der Waals surface area contributed by atoms with Crippen LogP contribution in [0.3, 0.4) is 0 Å². The molecule has 0 aliphatic carbocycles. The molecule has 3 rings (SSSR count). The van der Waals surface area contributed by atoms with Crippen LogP contribution in [0.25, 0.3) is 0 Å². The number of anilines is 1. The summed E-state index contributed by atoms with van der Waals surface area (Å²) in [7, 11) is 0. The van der Waals surface area contributed by atoms with Crippen molar-refractivity contribution in [2.75, 3.05) is 5.32 Å². The van der Waals surface area contributed by atoms with Crippen LogP contribution in [0.1, 0.15) is 27.8 Å². The Morgan fingerprint density at radius 2 is 1.68 bits per heavy atom. The van der Waals surface area contributed by atoms with Crippen LogP contribution >= 0.6 is 23.2 Å². The zero-order valence-corrected chi connectivity index (χ0v) is 19.0. The van der Waals surface area contributed by atoms with E-state index in [1.807, 2.05) is 63.2 Å². The molecule has 0 saturated carbocycles. The van der Waals surface area contributed by atoms with Crippen molar-refractivity contribution >= 4 is 41.1 Å². The van der Waals surface area contributed by atoms with Gasteiger partial charge in [0.2, 0.25) is 0 Å². The maximum Gasteiger partial charge on any atom is 0.339 e. The maximum absolute atomic E-state index is 12.0. The Morgan fingerprint density at radius 1 is 1.00 bits per heavy atom. The Hall–Kier alpha value is -3.02. The van der Waals surface area contributed by atoms with Crippen molar-refractivity contribution in [3.63, 3.8) is 0 Å². The minimum absolute atomic E-state index is 0.339. The van der Waals surface area contributed by atoms with Gasteiger partial charge in [-0.3, -0.25) is 0 Å². The smallest absolute Gasteiger partial charge is 0.339 e. The van der Waals surface area contributed by atoms with Gasteiger partial charge in [-0.2, -0.15) is 5.10 Å². The number of carbonyl (C=O) groups is 1. The first kappa shape index (κ1) is 22.7. The summed E-state index contributed by atoms with van der Waals surface area (Å²) in [4.78, 5) is 12.0. The van der Waals surface area contributed by atoms with Gasteiger partial charge in [-0.15, -0.1) is 0 Å². The van der Waals surface area contributed by atoms with Crippen LogP contribution in [0.2, 0.25) is 10.0 Å². The normalized spacial score (nSPS) is 10.9. The van der Waals surface area contributed by atoms with Crippen LogP contribution in [-0.2, 0) is 6.61 Å². The molecule has 0 heterocycles. The summed E-state index contributed by atoms with van der Waals surface area (Å²) in [5.74, 6) is 0.785. The van der Waals surface area contributed by atoms with Crippen molar-refractivity contribution in [2.45, 2.75) is 27.4 Å². The lowest BCUT2D eigenvalue weighted by molar-refractivity contribution is 0.252. The molecule has 0 saturated heterocycles. The predicted molar refractivity (Wildman–Crippen MR) is 128 cm³/mol. The molecule has 0 aromatic heterocycles. The molecule has 2 amide bonds. The third-order valence-corrected chi connectivity index (χ3v) is 5.15. The number of hydrogen-bond donors (Lipinski definition) is 2. The quantitative estimate of drug-likeness (QED) is 0.322. The number of rotatable bonds is 6. The van der Waals surface area contributed by atoms with Gasteiger partial charge in [0.15, 0.2) is 0 Å². The Balaban J connectivity index is 1.60. The van der Waals surface area contributed by atoms with Crippen molar-refractivity contribution in [1.82, 2.24) is 5.43 Å². The molecular weight excluding hydrogens is 433 g/mol. The Labute approximate surface area is 192 Å². The first-order valence-electron chi connectivity index (χ1n) is 9.66. The average Bonchev–Trinajstić information content (AvgIpc) is 2.70. The molecule has 0 fully saturated rings. The van der Waals surface area contributed by atoms with Crippen molar-refractivity contribution in [3.8, 4) is 5.75 Å². The van der Waals surface area contributed by atoms with E-state index in [4.69, 9.17) is 27.9 Å². The fraction of sp³-hybridized carbons (Fsp3) is 0.167. The molecule has 3 aromatic carbocycles. The molecule has 0 atom stereocenters. The van der Waals surface area contributed by atoms with Crippen LogP contribution in [0.4, 0.5) is 10.5 Å². The number of halogens is 2. The second-order valence-electron chi connectivity index (χ2n) is 7.20. The van der Waals surface area contributed by atoms with Gasteiger partial charge in [-0.25, -0.2) is 10.2 Å². The number of nitrogens with one attached hydrogen (secondary N) is 2. The Morgan fingerprint density at radius 3 is 2.32 bits per heavy atom. The van der Waals surface area contributed by atoms with Crippen LogP contribution in [0, 0.1) is 20.8 Å². The van der Waals surface area contributed by atoms with E-state index in [2.05, 4.69) is 15.8 Å².